The number of hydrogen-bond donors (Lipinski definition) is 7. The van der Waals surface area contributed by atoms with Crippen LogP contribution in [0.5, 0.6) is 11.5 Å². The van der Waals surface area contributed by atoms with Gasteiger partial charge in [0, 0.05) is 60.4 Å². The Morgan fingerprint density at radius 1 is 0.823 bits per heavy atom. The molecule has 7 aromatic carbocycles. The number of phenolic OH excluding ortho intramolecular Hbond substituents is 1. The minimum atomic E-state index is -4.99. The predicted octanol–water partition coefficient (Wildman–Crippen LogP) is 9.57. The van der Waals surface area contributed by atoms with Crippen molar-refractivity contribution in [3.63, 3.8) is 0 Å². The van der Waals surface area contributed by atoms with Crippen molar-refractivity contribution in [1.82, 2.24) is 5.32 Å². The third kappa shape index (κ3) is 12.3. The fraction of sp³-hybridized carbons (Fsp3) is 0.420. The number of ether oxygens (including phenoxy) is 2. The summed E-state index contributed by atoms with van der Waals surface area (Å²) in [4.78, 5) is 5.42. The van der Waals surface area contributed by atoms with Crippen molar-refractivity contribution < 1.29 is 72.4 Å². The Labute approximate surface area is 587 Å². The predicted molar refractivity (Wildman–Crippen MR) is 369 cm³/mol. The molecule has 0 amide bonds. The number of guanidine groups is 1. The van der Waals surface area contributed by atoms with Crippen molar-refractivity contribution in [1.29, 1.82) is 0 Å². The number of aliphatic imine (C=N–C) groups is 1. The van der Waals surface area contributed by atoms with Crippen LogP contribution in [-0.2, 0) is 46.4 Å². The van der Waals surface area contributed by atoms with Crippen LogP contribution in [0.15, 0.2) is 180 Å². The van der Waals surface area contributed by atoms with Gasteiger partial charge < -0.3 is 51.2 Å². The molecule has 1 saturated heterocycles. The zero-order valence-electron chi connectivity index (χ0n) is 55.1. The summed E-state index contributed by atoms with van der Waals surface area (Å²) in [5.74, 6) is 3.57. The molecule has 13 nitrogen and oxygen atoms in total. The average molecular weight is 1320 g/mol. The van der Waals surface area contributed by atoms with E-state index >= 15 is 0 Å². The summed E-state index contributed by atoms with van der Waals surface area (Å²) in [7, 11) is -3.04. The van der Waals surface area contributed by atoms with Crippen LogP contribution >= 0.6 is 0 Å². The van der Waals surface area contributed by atoms with E-state index in [0.717, 1.165) is 86.7 Å². The van der Waals surface area contributed by atoms with Gasteiger partial charge in [0.1, 0.15) is 17.6 Å². The van der Waals surface area contributed by atoms with E-state index in [4.69, 9.17) is 25.9 Å². The fourth-order valence-electron chi connectivity index (χ4n) is 19.6. The molecule has 9 N–H and O–H groups in total. The number of aryl methyl sites for hydroxylation is 1. The molecular weight excluding hydrogens is 1230 g/mol. The van der Waals surface area contributed by atoms with E-state index < -0.39 is 62.6 Å². The van der Waals surface area contributed by atoms with Gasteiger partial charge in [-0.3, -0.25) is 0 Å². The first-order valence-electron chi connectivity index (χ1n) is 34.6. The number of benzene rings is 7. The van der Waals surface area contributed by atoms with Crippen molar-refractivity contribution in [2.24, 2.45) is 69.7 Å². The van der Waals surface area contributed by atoms with Crippen LogP contribution < -0.4 is 51.1 Å². The summed E-state index contributed by atoms with van der Waals surface area (Å²) < 4.78 is 58.7. The van der Waals surface area contributed by atoms with Gasteiger partial charge >= 0.3 is 29.6 Å². The summed E-state index contributed by atoms with van der Waals surface area (Å²) in [6.45, 7) is 2.80. The SMILES string of the molecule is CNCc1cc(CC(O)c2ccc(C3CCC4C5C=CC3C4(O)C(Cc3ccccc3)C(C3(N=C(N)N)Oc4ccc6c(c4)CCC(C)C6CC(S(=O)(=O)[O-])C4C=C6CC(CC7CC(CO)CC#Cc8cc(O)ccc8C6O7)C4c4ccc3cc4)C5)cc2)c2ccccc2c1.[Na+]. The number of hydrogen-bond acceptors (Lipinski definition) is 11. The fourth-order valence-corrected chi connectivity index (χ4v) is 20.7. The minimum absolute atomic E-state index is 0. The van der Waals surface area contributed by atoms with Crippen molar-refractivity contribution >= 4 is 26.9 Å². The first-order chi connectivity index (χ1) is 46.0. The van der Waals surface area contributed by atoms with Gasteiger partial charge in [0.05, 0.1) is 33.2 Å². The number of nitrogens with zero attached hydrogens (tertiary/aromatic N) is 1. The number of aliphatic hydroxyl groups is 3. The van der Waals surface area contributed by atoms with Gasteiger partial charge in [-0.15, -0.1) is 0 Å². The molecule has 0 radical (unpaired) electrons. The molecule has 96 heavy (non-hydrogen) atoms. The second-order valence-electron chi connectivity index (χ2n) is 29.2. The van der Waals surface area contributed by atoms with E-state index in [1.54, 1.807) is 12.1 Å². The van der Waals surface area contributed by atoms with Crippen molar-refractivity contribution in [3.8, 4) is 23.3 Å². The number of nitrogens with two attached hydrogens (primary N) is 2. The molecule has 14 bridgehead atoms. The van der Waals surface area contributed by atoms with Gasteiger partial charge in [0.2, 0.25) is 5.72 Å². The topological polar surface area (TPSA) is 233 Å². The smallest absolute Gasteiger partial charge is 0.748 e. The number of aliphatic hydroxyl groups excluding tert-OH is 2. The maximum atomic E-state index is 14.7. The molecule has 3 fully saturated rings. The second kappa shape index (κ2) is 26.9. The molecule has 7 aromatic rings. The quantitative estimate of drug-likeness (QED) is 0.0151. The van der Waals surface area contributed by atoms with Crippen LogP contribution in [0.25, 0.3) is 10.8 Å². The molecule has 15 heteroatoms. The van der Waals surface area contributed by atoms with Gasteiger partial charge in [0.15, 0.2) is 5.96 Å². The molecule has 5 heterocycles. The summed E-state index contributed by atoms with van der Waals surface area (Å²) in [6.07, 6.45) is 11.7. The number of allylic oxidation sites excluding steroid dienone is 2. The third-order valence-electron chi connectivity index (χ3n) is 23.9. The Morgan fingerprint density at radius 3 is 2.36 bits per heavy atom. The van der Waals surface area contributed by atoms with Gasteiger partial charge in [0.25, 0.3) is 0 Å². The monoisotopic (exact) mass is 1310 g/mol. The molecule has 5 aliphatic carbocycles. The molecule has 492 valence electrons. The van der Waals surface area contributed by atoms with Crippen LogP contribution in [-0.4, -0.2) is 70.0 Å². The van der Waals surface area contributed by atoms with Gasteiger partial charge in [-0.05, 0) is 216 Å². The summed E-state index contributed by atoms with van der Waals surface area (Å²) in [5.41, 5.74) is 21.8. The summed E-state index contributed by atoms with van der Waals surface area (Å²) in [5, 5.41) is 52.5. The van der Waals surface area contributed by atoms with Crippen LogP contribution in [0.2, 0.25) is 0 Å². The summed E-state index contributed by atoms with van der Waals surface area (Å²) >= 11 is 0. The Morgan fingerprint density at radius 2 is 1.59 bits per heavy atom. The van der Waals surface area contributed by atoms with E-state index in [1.807, 2.05) is 37.4 Å². The molecule has 10 aliphatic rings. The number of rotatable bonds is 12. The molecule has 18 unspecified atom stereocenters. The van der Waals surface area contributed by atoms with Gasteiger partial charge in [-0.25, -0.2) is 13.4 Å². The second-order valence-corrected chi connectivity index (χ2v) is 30.8. The van der Waals surface area contributed by atoms with Gasteiger partial charge in [-0.1, -0.05) is 158 Å². The standard InChI is InChI=1S/C81H88N4O9S.Na/c1-47-15-16-56-39-63-27-29-66(56)69(47)44-76(95(90,91)92)70-41-60-37-59(40-64-35-49(46-86)11-8-13-55-38-62(87)26-28-68(55)78(60)93-64)77(70)53-21-24-61(25-22-53)81(94-63,85-79(82)83)74-42-57-23-31-72-67(30-32-71(57)80(72,89)73(74)36-48-9-4-3-5-10-48)51-17-19-52(20-18-51)75(88)43-58-34-50(45-84-2)33-54-12-6-7-14-65(54)58;/h3-7,9-10,12,14,17-29,31,33-34,38-39,41,47,49,57,59,64,67,69-78,84,86-89H,11,15-16,30,32,35-37,40,42-46H2,1-2H3,(H4,82,83,85)(H,90,91,92);/q;+1/p-1. The third-order valence-corrected chi connectivity index (χ3v) is 25.1. The van der Waals surface area contributed by atoms with Crippen LogP contribution in [0.3, 0.4) is 0 Å². The maximum Gasteiger partial charge on any atom is 1.00 e. The van der Waals surface area contributed by atoms with Crippen LogP contribution in [0.1, 0.15) is 156 Å². The first-order valence-corrected chi connectivity index (χ1v) is 36.1. The van der Waals surface area contributed by atoms with Crippen molar-refractivity contribution in [2.45, 2.75) is 143 Å². The van der Waals surface area contributed by atoms with E-state index in [0.29, 0.717) is 68.2 Å². The molecular formula is C81H87N4NaO9S. The van der Waals surface area contributed by atoms with Crippen molar-refractivity contribution in [3.05, 3.63) is 237 Å². The molecule has 5 aliphatic heterocycles. The zero-order valence-corrected chi connectivity index (χ0v) is 58.0. The molecule has 0 spiro atoms. The van der Waals surface area contributed by atoms with Crippen LogP contribution in [0, 0.1) is 65.1 Å². The molecule has 0 aromatic heterocycles. The summed E-state index contributed by atoms with van der Waals surface area (Å²) in [6, 6.07) is 51.1. The Kier molecular flexibility index (Phi) is 18.7. The van der Waals surface area contributed by atoms with E-state index in [1.165, 1.54) is 5.56 Å². The Balaban J connectivity index is 0.00000792. The molecule has 2 saturated carbocycles. The Bertz CT molecular complexity index is 4320. The largest absolute Gasteiger partial charge is 1.00 e. The van der Waals surface area contributed by atoms with E-state index in [9.17, 15) is 33.4 Å². The van der Waals surface area contributed by atoms with Gasteiger partial charge in [-0.2, -0.15) is 0 Å². The normalized spacial score (nSPS) is 32.0. The number of aromatic hydroxyl groups is 1. The number of phenols is 1. The van der Waals surface area contributed by atoms with Crippen molar-refractivity contribution in [2.75, 3.05) is 13.7 Å². The Hall–Kier alpha value is -6.58. The molecule has 17 rings (SSSR count). The maximum absolute atomic E-state index is 14.7. The molecule has 18 atom stereocenters. The van der Waals surface area contributed by atoms with E-state index in [-0.39, 0.29) is 108 Å². The minimum Gasteiger partial charge on any atom is -0.748 e. The number of nitrogens with one attached hydrogen (secondary N) is 1. The van der Waals surface area contributed by atoms with Crippen LogP contribution in [0.4, 0.5) is 0 Å². The number of fused-ring (bicyclic) bond motifs is 9. The van der Waals surface area contributed by atoms with E-state index in [2.05, 4.69) is 152 Å². The average Bonchev–Trinajstić information content (AvgIpc) is 0.735. The first kappa shape index (κ1) is 66.6. The zero-order chi connectivity index (χ0) is 65.5.